The summed E-state index contributed by atoms with van der Waals surface area (Å²) in [6, 6.07) is 48.8. The Kier molecular flexibility index (Phi) is 5.64. The molecule has 0 aliphatic carbocycles. The first-order valence-electron chi connectivity index (χ1n) is 13.1. The lowest BCUT2D eigenvalue weighted by atomic mass is 9.86. The molecular weight excluding hydrogens is 474 g/mol. The number of furan rings is 1. The van der Waals surface area contributed by atoms with Crippen LogP contribution in [0.5, 0.6) is 0 Å². The van der Waals surface area contributed by atoms with Crippen molar-refractivity contribution in [2.75, 3.05) is 0 Å². The van der Waals surface area contributed by atoms with Gasteiger partial charge in [-0.2, -0.15) is 0 Å². The van der Waals surface area contributed by atoms with Crippen LogP contribution in [0.2, 0.25) is 0 Å². The summed E-state index contributed by atoms with van der Waals surface area (Å²) in [6.07, 6.45) is 1.40. The maximum absolute atomic E-state index is 7.94. The minimum atomic E-state index is 0.804. The highest BCUT2D eigenvalue weighted by Gasteiger charge is 2.17. The van der Waals surface area contributed by atoms with Crippen molar-refractivity contribution in [3.63, 3.8) is 0 Å². The first-order chi connectivity index (χ1) is 19.3. The van der Waals surface area contributed by atoms with Crippen molar-refractivity contribution in [2.24, 2.45) is 0 Å². The quantitative estimate of drug-likeness (QED) is 0.235. The lowest BCUT2D eigenvalue weighted by Crippen LogP contribution is -1.91. The predicted octanol–water partition coefficient (Wildman–Crippen LogP) is 10.3. The molecule has 0 amide bonds. The molecule has 0 spiro atoms. The van der Waals surface area contributed by atoms with E-state index in [1.165, 1.54) is 39.6 Å². The second-order valence-electron chi connectivity index (χ2n) is 9.72. The van der Waals surface area contributed by atoms with E-state index in [0.717, 1.165) is 38.6 Å². The molecule has 0 fully saturated rings. The molecule has 1 aromatic heterocycles. The van der Waals surface area contributed by atoms with Crippen LogP contribution in [0, 0.1) is 5.41 Å². The molecule has 0 atom stereocenters. The topological polar surface area (TPSA) is 37.0 Å². The van der Waals surface area contributed by atoms with E-state index < -0.39 is 0 Å². The Hall–Kier alpha value is -5.21. The summed E-state index contributed by atoms with van der Waals surface area (Å²) >= 11 is 0. The normalized spacial score (nSPS) is 11.2. The third-order valence-corrected chi connectivity index (χ3v) is 7.40. The Morgan fingerprint density at radius 3 is 1.82 bits per heavy atom. The van der Waals surface area contributed by atoms with E-state index in [1.54, 1.807) is 0 Å². The van der Waals surface area contributed by atoms with Gasteiger partial charge in [0.15, 0.2) is 0 Å². The number of fused-ring (bicyclic) bond motifs is 3. The summed E-state index contributed by atoms with van der Waals surface area (Å²) in [7, 11) is 0. The second kappa shape index (κ2) is 9.59. The zero-order valence-corrected chi connectivity index (χ0v) is 21.3. The van der Waals surface area contributed by atoms with Crippen molar-refractivity contribution in [3.05, 3.63) is 145 Å². The van der Waals surface area contributed by atoms with Crippen molar-refractivity contribution in [1.82, 2.24) is 0 Å². The third kappa shape index (κ3) is 4.03. The lowest BCUT2D eigenvalue weighted by molar-refractivity contribution is 0.669. The van der Waals surface area contributed by atoms with E-state index in [4.69, 9.17) is 9.83 Å². The second-order valence-corrected chi connectivity index (χ2v) is 9.72. The van der Waals surface area contributed by atoms with Gasteiger partial charge in [-0.05, 0) is 68.8 Å². The summed E-state index contributed by atoms with van der Waals surface area (Å²) in [4.78, 5) is 0. The van der Waals surface area contributed by atoms with Crippen LogP contribution in [0.4, 0.5) is 0 Å². The van der Waals surface area contributed by atoms with Gasteiger partial charge in [0.25, 0.3) is 0 Å². The maximum atomic E-state index is 7.94. The van der Waals surface area contributed by atoms with Gasteiger partial charge in [-0.15, -0.1) is 0 Å². The standard InChI is InChI=1S/C37H25NO/c38-24-30-16-8-19-35-37(30)33-23-29(20-21-34(33)39-35)32-18-9-17-31(36(32)26-12-5-2-6-13-26)28-15-7-14-27(22-28)25-10-3-1-4-11-25/h1-24,38H. The van der Waals surface area contributed by atoms with Crippen LogP contribution in [0.25, 0.3) is 66.4 Å². The van der Waals surface area contributed by atoms with Crippen molar-refractivity contribution < 1.29 is 4.42 Å². The van der Waals surface area contributed by atoms with Gasteiger partial charge < -0.3 is 9.83 Å². The van der Waals surface area contributed by atoms with Gasteiger partial charge in [-0.3, -0.25) is 0 Å². The van der Waals surface area contributed by atoms with Crippen molar-refractivity contribution in [1.29, 1.82) is 5.41 Å². The average molecular weight is 500 g/mol. The molecule has 6 aromatic carbocycles. The summed E-state index contributed by atoms with van der Waals surface area (Å²) in [5.74, 6) is 0. The van der Waals surface area contributed by atoms with E-state index in [1.807, 2.05) is 18.2 Å². The molecule has 0 bridgehead atoms. The Morgan fingerprint density at radius 1 is 0.462 bits per heavy atom. The molecule has 0 saturated carbocycles. The molecule has 2 nitrogen and oxygen atoms in total. The zero-order chi connectivity index (χ0) is 26.2. The molecule has 39 heavy (non-hydrogen) atoms. The summed E-state index contributed by atoms with van der Waals surface area (Å²) in [6.45, 7) is 0. The minimum Gasteiger partial charge on any atom is -0.456 e. The molecule has 0 aliphatic heterocycles. The summed E-state index contributed by atoms with van der Waals surface area (Å²) in [5, 5.41) is 9.95. The van der Waals surface area contributed by atoms with E-state index in [-0.39, 0.29) is 0 Å². The maximum Gasteiger partial charge on any atom is 0.136 e. The van der Waals surface area contributed by atoms with Crippen molar-refractivity contribution in [2.45, 2.75) is 0 Å². The van der Waals surface area contributed by atoms with Gasteiger partial charge in [0, 0.05) is 22.6 Å². The lowest BCUT2D eigenvalue weighted by Gasteiger charge is -2.17. The third-order valence-electron chi connectivity index (χ3n) is 7.40. The fourth-order valence-electron chi connectivity index (χ4n) is 5.59. The summed E-state index contributed by atoms with van der Waals surface area (Å²) in [5.41, 5.74) is 11.9. The van der Waals surface area contributed by atoms with Gasteiger partial charge in [-0.1, -0.05) is 115 Å². The molecular formula is C37H25NO. The molecule has 0 radical (unpaired) electrons. The van der Waals surface area contributed by atoms with E-state index in [2.05, 4.69) is 121 Å². The minimum absolute atomic E-state index is 0.804. The van der Waals surface area contributed by atoms with Gasteiger partial charge in [-0.25, -0.2) is 0 Å². The van der Waals surface area contributed by atoms with Crippen LogP contribution in [0.15, 0.2) is 144 Å². The van der Waals surface area contributed by atoms with Crippen LogP contribution in [0.1, 0.15) is 5.56 Å². The molecule has 2 heteroatoms. The Balaban J connectivity index is 1.47. The molecule has 0 saturated heterocycles. The first kappa shape index (κ1) is 22.9. The Bertz CT molecular complexity index is 1970. The smallest absolute Gasteiger partial charge is 0.136 e. The van der Waals surface area contributed by atoms with Crippen molar-refractivity contribution >= 4 is 28.2 Å². The number of benzene rings is 6. The molecule has 7 rings (SSSR count). The van der Waals surface area contributed by atoms with E-state index in [9.17, 15) is 0 Å². The largest absolute Gasteiger partial charge is 0.456 e. The first-order valence-corrected chi connectivity index (χ1v) is 13.1. The number of hydrogen-bond donors (Lipinski definition) is 1. The zero-order valence-electron chi connectivity index (χ0n) is 21.3. The summed E-state index contributed by atoms with van der Waals surface area (Å²) < 4.78 is 6.15. The van der Waals surface area contributed by atoms with Crippen molar-refractivity contribution in [3.8, 4) is 44.5 Å². The van der Waals surface area contributed by atoms with Crippen LogP contribution < -0.4 is 0 Å². The molecule has 0 unspecified atom stereocenters. The highest BCUT2D eigenvalue weighted by molar-refractivity contribution is 6.13. The number of hydrogen-bond acceptors (Lipinski definition) is 2. The predicted molar refractivity (Wildman–Crippen MR) is 163 cm³/mol. The fraction of sp³-hybridized carbons (Fsp3) is 0. The van der Waals surface area contributed by atoms with Crippen LogP contribution >= 0.6 is 0 Å². The highest BCUT2D eigenvalue weighted by atomic mass is 16.3. The number of rotatable bonds is 5. The van der Waals surface area contributed by atoms with E-state index in [0.29, 0.717) is 0 Å². The van der Waals surface area contributed by atoms with Gasteiger partial charge in [0.2, 0.25) is 0 Å². The van der Waals surface area contributed by atoms with E-state index >= 15 is 0 Å². The average Bonchev–Trinajstić information content (AvgIpc) is 3.40. The molecule has 184 valence electrons. The van der Waals surface area contributed by atoms with Gasteiger partial charge >= 0.3 is 0 Å². The van der Waals surface area contributed by atoms with Gasteiger partial charge in [0.05, 0.1) is 0 Å². The van der Waals surface area contributed by atoms with Crippen LogP contribution in [-0.4, -0.2) is 6.21 Å². The highest BCUT2D eigenvalue weighted by Crippen LogP contribution is 2.42. The Morgan fingerprint density at radius 2 is 1.08 bits per heavy atom. The molecule has 7 aromatic rings. The van der Waals surface area contributed by atoms with Crippen LogP contribution in [-0.2, 0) is 0 Å². The Labute approximate surface area is 227 Å². The SMILES string of the molecule is N=Cc1cccc2oc3ccc(-c4cccc(-c5cccc(-c6ccccc6)c5)c4-c4ccccc4)cc3c12. The molecule has 1 heterocycles. The number of nitrogens with one attached hydrogen (secondary N) is 1. The molecule has 1 N–H and O–H groups in total. The van der Waals surface area contributed by atoms with Gasteiger partial charge in [0.1, 0.15) is 11.2 Å². The fourth-order valence-corrected chi connectivity index (χ4v) is 5.59. The molecule has 0 aliphatic rings. The monoisotopic (exact) mass is 499 g/mol. The van der Waals surface area contributed by atoms with Crippen LogP contribution in [0.3, 0.4) is 0 Å².